The van der Waals surface area contributed by atoms with Crippen molar-refractivity contribution in [3.63, 3.8) is 0 Å². The van der Waals surface area contributed by atoms with E-state index in [1.165, 1.54) is 0 Å². The number of anilines is 1. The fourth-order valence-corrected chi connectivity index (χ4v) is 1.48. The molecule has 1 aromatic carbocycles. The van der Waals surface area contributed by atoms with Crippen molar-refractivity contribution in [2.24, 2.45) is 5.11 Å². The van der Waals surface area contributed by atoms with Crippen LogP contribution in [0.5, 0.6) is 0 Å². The van der Waals surface area contributed by atoms with Gasteiger partial charge in [-0.2, -0.15) is 0 Å². The summed E-state index contributed by atoms with van der Waals surface area (Å²) in [6, 6.07) is 3.38. The van der Waals surface area contributed by atoms with Crippen molar-refractivity contribution in [2.45, 2.75) is 0 Å². The number of hydrogen-bond donors (Lipinski definition) is 1. The molecular formula is C9H8Cl2N4. The number of benzene rings is 1. The Bertz CT molecular complexity index is 413. The fourth-order valence-electron chi connectivity index (χ4n) is 0.973. The van der Waals surface area contributed by atoms with Crippen molar-refractivity contribution >= 4 is 35.0 Å². The SMILES string of the molecule is [N-]=[N+]=NCC=Cc1cc(Cl)c(N)c(Cl)c1. The third-order valence-corrected chi connectivity index (χ3v) is 2.29. The highest BCUT2D eigenvalue weighted by atomic mass is 35.5. The molecule has 1 rings (SSSR count). The van der Waals surface area contributed by atoms with Gasteiger partial charge in [-0.15, -0.1) is 0 Å². The first kappa shape index (κ1) is 11.7. The molecule has 0 aliphatic rings. The Labute approximate surface area is 96.9 Å². The minimum atomic E-state index is 0.288. The van der Waals surface area contributed by atoms with E-state index >= 15 is 0 Å². The van der Waals surface area contributed by atoms with Gasteiger partial charge in [0.2, 0.25) is 0 Å². The first-order chi connectivity index (χ1) is 7.15. The summed E-state index contributed by atoms with van der Waals surface area (Å²) in [4.78, 5) is 2.62. The van der Waals surface area contributed by atoms with Crippen LogP contribution in [0.2, 0.25) is 10.0 Å². The zero-order chi connectivity index (χ0) is 11.3. The van der Waals surface area contributed by atoms with Gasteiger partial charge in [0.15, 0.2) is 0 Å². The van der Waals surface area contributed by atoms with E-state index in [0.717, 1.165) is 5.56 Å². The van der Waals surface area contributed by atoms with Crippen molar-refractivity contribution in [2.75, 3.05) is 12.3 Å². The number of azide groups is 1. The number of hydrogen-bond acceptors (Lipinski definition) is 2. The Morgan fingerprint density at radius 1 is 1.40 bits per heavy atom. The lowest BCUT2D eigenvalue weighted by molar-refractivity contribution is 1.22. The van der Waals surface area contributed by atoms with Crippen molar-refractivity contribution in [1.29, 1.82) is 0 Å². The zero-order valence-electron chi connectivity index (χ0n) is 7.69. The number of rotatable bonds is 3. The minimum Gasteiger partial charge on any atom is -0.396 e. The summed E-state index contributed by atoms with van der Waals surface area (Å²) in [5.41, 5.74) is 14.8. The summed E-state index contributed by atoms with van der Waals surface area (Å²) in [5, 5.41) is 4.17. The predicted molar refractivity (Wildman–Crippen MR) is 63.9 cm³/mol. The molecule has 0 saturated heterocycles. The van der Waals surface area contributed by atoms with Crippen molar-refractivity contribution < 1.29 is 0 Å². The van der Waals surface area contributed by atoms with Crippen LogP contribution < -0.4 is 5.73 Å². The molecule has 1 aromatic rings. The summed E-state index contributed by atoms with van der Waals surface area (Å²) in [6.45, 7) is 0.288. The second-order valence-electron chi connectivity index (χ2n) is 2.71. The lowest BCUT2D eigenvalue weighted by atomic mass is 10.2. The lowest BCUT2D eigenvalue weighted by Gasteiger charge is -2.02. The van der Waals surface area contributed by atoms with Gasteiger partial charge in [-0.25, -0.2) is 0 Å². The summed E-state index contributed by atoms with van der Waals surface area (Å²) < 4.78 is 0. The van der Waals surface area contributed by atoms with E-state index in [4.69, 9.17) is 34.5 Å². The van der Waals surface area contributed by atoms with E-state index in [1.54, 1.807) is 24.3 Å². The molecule has 0 radical (unpaired) electrons. The largest absolute Gasteiger partial charge is 0.396 e. The fraction of sp³-hybridized carbons (Fsp3) is 0.111. The average molecular weight is 243 g/mol. The van der Waals surface area contributed by atoms with Crippen LogP contribution in [0.4, 0.5) is 5.69 Å². The van der Waals surface area contributed by atoms with E-state index in [1.807, 2.05) is 0 Å². The van der Waals surface area contributed by atoms with Gasteiger partial charge in [-0.3, -0.25) is 0 Å². The quantitative estimate of drug-likeness (QED) is 0.371. The first-order valence-corrected chi connectivity index (χ1v) is 4.82. The van der Waals surface area contributed by atoms with E-state index in [9.17, 15) is 0 Å². The summed E-state index contributed by atoms with van der Waals surface area (Å²) in [5.74, 6) is 0. The van der Waals surface area contributed by atoms with Gasteiger partial charge in [0, 0.05) is 11.5 Å². The third kappa shape index (κ3) is 3.36. The molecular weight excluding hydrogens is 235 g/mol. The molecule has 0 heterocycles. The molecule has 0 amide bonds. The molecule has 0 aliphatic heterocycles. The minimum absolute atomic E-state index is 0.288. The van der Waals surface area contributed by atoms with Gasteiger partial charge >= 0.3 is 0 Å². The van der Waals surface area contributed by atoms with E-state index in [0.29, 0.717) is 15.7 Å². The monoisotopic (exact) mass is 242 g/mol. The molecule has 78 valence electrons. The number of nitrogens with zero attached hydrogens (tertiary/aromatic N) is 3. The average Bonchev–Trinajstić information content (AvgIpc) is 2.21. The van der Waals surface area contributed by atoms with Gasteiger partial charge in [0.25, 0.3) is 0 Å². The molecule has 0 atom stereocenters. The van der Waals surface area contributed by atoms with Gasteiger partial charge < -0.3 is 5.73 Å². The third-order valence-electron chi connectivity index (χ3n) is 1.66. The zero-order valence-corrected chi connectivity index (χ0v) is 9.20. The highest BCUT2D eigenvalue weighted by molar-refractivity contribution is 6.39. The van der Waals surface area contributed by atoms with Crippen LogP contribution in [0.1, 0.15) is 5.56 Å². The first-order valence-electron chi connectivity index (χ1n) is 4.07. The van der Waals surface area contributed by atoms with E-state index in [2.05, 4.69) is 10.0 Å². The molecule has 0 bridgehead atoms. The number of nitrogens with two attached hydrogens (primary N) is 1. The standard InChI is InChI=1S/C9H8Cl2N4/c10-7-4-6(2-1-3-14-15-13)5-8(11)9(7)12/h1-2,4-5H,3,12H2. The van der Waals surface area contributed by atoms with Gasteiger partial charge in [-0.05, 0) is 23.2 Å². The molecule has 0 saturated carbocycles. The van der Waals surface area contributed by atoms with Crippen molar-refractivity contribution in [3.05, 3.63) is 44.3 Å². The van der Waals surface area contributed by atoms with Crippen molar-refractivity contribution in [3.8, 4) is 0 Å². The van der Waals surface area contributed by atoms with Gasteiger partial charge in [0.1, 0.15) is 0 Å². The van der Waals surface area contributed by atoms with Crippen LogP contribution in [0.15, 0.2) is 23.3 Å². The van der Waals surface area contributed by atoms with E-state index < -0.39 is 0 Å². The smallest absolute Gasteiger partial charge is 0.0693 e. The Hall–Kier alpha value is -1.35. The van der Waals surface area contributed by atoms with Gasteiger partial charge in [0.05, 0.1) is 15.7 Å². The number of nitrogen functional groups attached to an aromatic ring is 1. The Morgan fingerprint density at radius 3 is 2.53 bits per heavy atom. The second kappa shape index (κ2) is 5.51. The second-order valence-corrected chi connectivity index (χ2v) is 3.53. The molecule has 15 heavy (non-hydrogen) atoms. The Kier molecular flexibility index (Phi) is 4.31. The lowest BCUT2D eigenvalue weighted by Crippen LogP contribution is -1.88. The molecule has 0 unspecified atom stereocenters. The maximum Gasteiger partial charge on any atom is 0.0693 e. The summed E-state index contributed by atoms with van der Waals surface area (Å²) >= 11 is 11.7. The molecule has 0 aliphatic carbocycles. The molecule has 0 fully saturated rings. The van der Waals surface area contributed by atoms with Crippen LogP contribution in [0.25, 0.3) is 16.5 Å². The molecule has 0 aromatic heterocycles. The maximum atomic E-state index is 8.05. The van der Waals surface area contributed by atoms with Crippen LogP contribution >= 0.6 is 23.2 Å². The van der Waals surface area contributed by atoms with Crippen LogP contribution in [-0.2, 0) is 0 Å². The molecule has 6 heteroatoms. The Morgan fingerprint density at radius 2 is 2.00 bits per heavy atom. The molecule has 2 N–H and O–H groups in total. The highest BCUT2D eigenvalue weighted by Gasteiger charge is 2.02. The van der Waals surface area contributed by atoms with Crippen LogP contribution in [0.3, 0.4) is 0 Å². The van der Waals surface area contributed by atoms with E-state index in [-0.39, 0.29) is 6.54 Å². The van der Waals surface area contributed by atoms with Crippen LogP contribution in [0, 0.1) is 0 Å². The van der Waals surface area contributed by atoms with Crippen molar-refractivity contribution in [1.82, 2.24) is 0 Å². The summed E-state index contributed by atoms with van der Waals surface area (Å²) in [7, 11) is 0. The predicted octanol–water partition coefficient (Wildman–Crippen LogP) is 3.90. The Balaban J connectivity index is 2.87. The number of halogens is 2. The van der Waals surface area contributed by atoms with Crippen LogP contribution in [-0.4, -0.2) is 6.54 Å². The summed E-state index contributed by atoms with van der Waals surface area (Å²) in [6.07, 6.45) is 3.46. The molecule has 0 spiro atoms. The maximum absolute atomic E-state index is 8.05. The topological polar surface area (TPSA) is 74.8 Å². The van der Waals surface area contributed by atoms with Gasteiger partial charge in [-0.1, -0.05) is 40.5 Å². The normalized spacial score (nSPS) is 10.3. The highest BCUT2D eigenvalue weighted by Crippen LogP contribution is 2.29. The molecule has 4 nitrogen and oxygen atoms in total.